The van der Waals surface area contributed by atoms with Crippen LogP contribution in [-0.4, -0.2) is 44.0 Å². The predicted octanol–water partition coefficient (Wildman–Crippen LogP) is 3.62. The zero-order chi connectivity index (χ0) is 24.2. The van der Waals surface area contributed by atoms with E-state index < -0.39 is 23.7 Å². The van der Waals surface area contributed by atoms with Gasteiger partial charge >= 0.3 is 5.97 Å². The average Bonchev–Trinajstić information content (AvgIpc) is 2.79. The lowest BCUT2D eigenvalue weighted by Crippen LogP contribution is -2.49. The fourth-order valence-corrected chi connectivity index (χ4v) is 3.20. The van der Waals surface area contributed by atoms with E-state index in [1.165, 1.54) is 48.5 Å². The van der Waals surface area contributed by atoms with Crippen LogP contribution >= 0.6 is 0 Å². The first-order valence-corrected chi connectivity index (χ1v) is 10.8. The number of para-hydroxylation sites is 2. The van der Waals surface area contributed by atoms with Gasteiger partial charge in [-0.3, -0.25) is 24.6 Å². The molecule has 9 nitrogen and oxygen atoms in total. The van der Waals surface area contributed by atoms with E-state index in [0.717, 1.165) is 19.3 Å². The Balaban J connectivity index is 2.01. The number of hydrogen-bond acceptors (Lipinski definition) is 6. The largest absolute Gasteiger partial charge is 0.507 e. The molecule has 0 heterocycles. The molecule has 0 saturated heterocycles. The van der Waals surface area contributed by atoms with Crippen LogP contribution in [-0.2, 0) is 9.59 Å². The highest BCUT2D eigenvalue weighted by Crippen LogP contribution is 2.20. The molecule has 0 bridgehead atoms. The van der Waals surface area contributed by atoms with E-state index in [0.29, 0.717) is 24.3 Å². The first-order chi connectivity index (χ1) is 15.8. The summed E-state index contributed by atoms with van der Waals surface area (Å²) in [4.78, 5) is 48.9. The van der Waals surface area contributed by atoms with Gasteiger partial charge in [0.2, 0.25) is 5.91 Å². The summed E-state index contributed by atoms with van der Waals surface area (Å²) in [5, 5.41) is 29.1. The third kappa shape index (κ3) is 7.95. The van der Waals surface area contributed by atoms with Crippen molar-refractivity contribution in [2.45, 2.75) is 51.4 Å². The van der Waals surface area contributed by atoms with Gasteiger partial charge in [0.05, 0.1) is 11.1 Å². The number of phenols is 2. The monoisotopic (exact) mass is 456 g/mol. The summed E-state index contributed by atoms with van der Waals surface area (Å²) in [6, 6.07) is 11.4. The number of amides is 3. The number of aromatic hydroxyl groups is 2. The van der Waals surface area contributed by atoms with Gasteiger partial charge in [-0.05, 0) is 37.1 Å². The van der Waals surface area contributed by atoms with Crippen molar-refractivity contribution in [2.24, 2.45) is 0 Å². The van der Waals surface area contributed by atoms with Crippen molar-refractivity contribution in [3.63, 3.8) is 0 Å². The molecule has 0 aliphatic heterocycles. The van der Waals surface area contributed by atoms with Crippen LogP contribution in [0.2, 0.25) is 0 Å². The molecule has 0 spiro atoms. The fourth-order valence-electron chi connectivity index (χ4n) is 3.20. The maximum Gasteiger partial charge on any atom is 0.303 e. The lowest BCUT2D eigenvalue weighted by atomic mass is 10.1. The Kier molecular flexibility index (Phi) is 9.88. The number of unbranched alkanes of at least 4 members (excludes halogenated alkanes) is 5. The number of aliphatic carboxylic acids is 1. The molecule has 4 N–H and O–H groups in total. The fraction of sp³-hybridized carbons (Fsp3) is 0.333. The van der Waals surface area contributed by atoms with Crippen LogP contribution in [0.5, 0.6) is 11.5 Å². The van der Waals surface area contributed by atoms with Gasteiger partial charge in [0.15, 0.2) is 0 Å². The van der Waals surface area contributed by atoms with Crippen molar-refractivity contribution in [1.82, 2.24) is 10.4 Å². The number of rotatable bonds is 11. The number of imide groups is 1. The van der Waals surface area contributed by atoms with Crippen LogP contribution in [0.3, 0.4) is 0 Å². The number of hydrazine groups is 1. The highest BCUT2D eigenvalue weighted by Gasteiger charge is 2.27. The van der Waals surface area contributed by atoms with Crippen LogP contribution in [0.15, 0.2) is 48.5 Å². The number of carbonyl (C=O) groups excluding carboxylic acids is 3. The molecule has 2 aromatic carbocycles. The van der Waals surface area contributed by atoms with Gasteiger partial charge in [0, 0.05) is 12.8 Å². The highest BCUT2D eigenvalue weighted by molar-refractivity contribution is 6.08. The zero-order valence-electron chi connectivity index (χ0n) is 18.2. The van der Waals surface area contributed by atoms with Gasteiger partial charge in [-0.25, -0.2) is 0 Å². The van der Waals surface area contributed by atoms with E-state index in [4.69, 9.17) is 5.11 Å². The molecule has 0 aromatic heterocycles. The smallest absolute Gasteiger partial charge is 0.303 e. The Morgan fingerprint density at radius 3 is 1.73 bits per heavy atom. The second kappa shape index (κ2) is 12.8. The van der Waals surface area contributed by atoms with Crippen molar-refractivity contribution in [3.05, 3.63) is 59.7 Å². The Labute approximate surface area is 191 Å². The van der Waals surface area contributed by atoms with Gasteiger partial charge in [-0.2, -0.15) is 5.01 Å². The van der Waals surface area contributed by atoms with Crippen LogP contribution in [0.4, 0.5) is 0 Å². The van der Waals surface area contributed by atoms with Gasteiger partial charge in [-0.15, -0.1) is 0 Å². The van der Waals surface area contributed by atoms with Crippen LogP contribution in [0, 0.1) is 0 Å². The van der Waals surface area contributed by atoms with E-state index in [9.17, 15) is 29.4 Å². The molecule has 3 amide bonds. The lowest BCUT2D eigenvalue weighted by molar-refractivity contribution is -0.137. The normalized spacial score (nSPS) is 10.4. The summed E-state index contributed by atoms with van der Waals surface area (Å²) in [5.41, 5.74) is 1.99. The zero-order valence-corrected chi connectivity index (χ0v) is 18.2. The number of nitrogens with one attached hydrogen (secondary N) is 1. The number of hydrogen-bond donors (Lipinski definition) is 4. The lowest BCUT2D eigenvalue weighted by Gasteiger charge is -2.22. The molecule has 0 unspecified atom stereocenters. The van der Waals surface area contributed by atoms with Crippen molar-refractivity contribution < 1.29 is 34.5 Å². The van der Waals surface area contributed by atoms with E-state index in [1.54, 1.807) is 0 Å². The van der Waals surface area contributed by atoms with E-state index in [2.05, 4.69) is 5.43 Å². The minimum Gasteiger partial charge on any atom is -0.507 e. The van der Waals surface area contributed by atoms with E-state index >= 15 is 0 Å². The summed E-state index contributed by atoms with van der Waals surface area (Å²) < 4.78 is 0. The summed E-state index contributed by atoms with van der Waals surface area (Å²) >= 11 is 0. The number of carboxylic acid groups (broad SMARTS) is 1. The second-order valence-electron chi connectivity index (χ2n) is 7.52. The Morgan fingerprint density at radius 1 is 0.697 bits per heavy atom. The van der Waals surface area contributed by atoms with Crippen molar-refractivity contribution in [1.29, 1.82) is 0 Å². The molecule has 2 rings (SSSR count). The number of carboxylic acids is 1. The predicted molar refractivity (Wildman–Crippen MR) is 119 cm³/mol. The minimum absolute atomic E-state index is 0.0183. The summed E-state index contributed by atoms with van der Waals surface area (Å²) in [7, 11) is 0. The van der Waals surface area contributed by atoms with Gasteiger partial charge in [0.25, 0.3) is 11.8 Å². The Hall–Kier alpha value is -3.88. The minimum atomic E-state index is -0.893. The molecule has 0 aliphatic rings. The number of carbonyl (C=O) groups is 4. The van der Waals surface area contributed by atoms with Gasteiger partial charge in [-0.1, -0.05) is 49.9 Å². The van der Waals surface area contributed by atoms with Crippen LogP contribution in [0.25, 0.3) is 0 Å². The molecule has 33 heavy (non-hydrogen) atoms. The third-order valence-corrected chi connectivity index (χ3v) is 4.98. The molecule has 0 radical (unpaired) electrons. The number of nitrogens with zero attached hydrogens (tertiary/aromatic N) is 1. The molecule has 9 heteroatoms. The van der Waals surface area contributed by atoms with Crippen molar-refractivity contribution >= 4 is 23.7 Å². The molecule has 0 aliphatic carbocycles. The molecular weight excluding hydrogens is 428 g/mol. The van der Waals surface area contributed by atoms with Crippen LogP contribution in [0.1, 0.15) is 72.1 Å². The summed E-state index contributed by atoms with van der Waals surface area (Å²) in [5.74, 6) is -3.85. The third-order valence-electron chi connectivity index (χ3n) is 4.98. The van der Waals surface area contributed by atoms with E-state index in [1.807, 2.05) is 0 Å². The summed E-state index contributed by atoms with van der Waals surface area (Å²) in [6.45, 7) is 0. The number of benzene rings is 2. The SMILES string of the molecule is O=C(O)CCCCCCCCC(=O)N(NC(=O)c1ccccc1O)C(=O)c1ccccc1O. The molecule has 0 saturated carbocycles. The molecular formula is C24H28N2O7. The molecule has 0 fully saturated rings. The topological polar surface area (TPSA) is 144 Å². The van der Waals surface area contributed by atoms with Crippen molar-refractivity contribution in [2.75, 3.05) is 0 Å². The first-order valence-electron chi connectivity index (χ1n) is 10.8. The summed E-state index contributed by atoms with van der Waals surface area (Å²) in [6.07, 6.45) is 4.33. The quantitative estimate of drug-likeness (QED) is 0.298. The maximum absolute atomic E-state index is 12.9. The van der Waals surface area contributed by atoms with Gasteiger partial charge in [0.1, 0.15) is 11.5 Å². The standard InChI is InChI=1S/C24H28N2O7/c27-19-13-9-7-11-17(19)23(32)25-26(24(33)18-12-8-10-14-20(18)28)21(29)15-5-3-1-2-4-6-16-22(30)31/h7-14,27-28H,1-6,15-16H2,(H,25,32)(H,30,31). The Morgan fingerprint density at radius 2 is 1.18 bits per heavy atom. The average molecular weight is 456 g/mol. The molecule has 0 atom stereocenters. The Bertz CT molecular complexity index is 990. The van der Waals surface area contributed by atoms with Crippen LogP contribution < -0.4 is 5.43 Å². The van der Waals surface area contributed by atoms with Crippen molar-refractivity contribution in [3.8, 4) is 11.5 Å². The van der Waals surface area contributed by atoms with E-state index in [-0.39, 0.29) is 35.5 Å². The van der Waals surface area contributed by atoms with Gasteiger partial charge < -0.3 is 15.3 Å². The maximum atomic E-state index is 12.9. The second-order valence-corrected chi connectivity index (χ2v) is 7.52. The highest BCUT2D eigenvalue weighted by atomic mass is 16.4. The molecule has 176 valence electrons. The first kappa shape index (κ1) is 25.4. The number of phenolic OH excluding ortho intramolecular Hbond substituents is 2. The molecule has 2 aromatic rings.